The second-order valence-corrected chi connectivity index (χ2v) is 12.3. The SMILES string of the molecule is CCCCCCCCC=CCCCCCCCC=O.CCCCCCCCCCCCCCCCN.O=S(=O)(O)O. The Morgan fingerprint density at radius 3 is 0.976 bits per heavy atom. The van der Waals surface area contributed by atoms with E-state index in [1.54, 1.807) is 0 Å². The van der Waals surface area contributed by atoms with Gasteiger partial charge >= 0.3 is 10.4 Å². The Hall–Kier alpha value is -0.760. The smallest absolute Gasteiger partial charge is 0.330 e. The van der Waals surface area contributed by atoms with Crippen LogP contribution in [0.15, 0.2) is 12.2 Å². The van der Waals surface area contributed by atoms with Gasteiger partial charge < -0.3 is 10.5 Å². The van der Waals surface area contributed by atoms with Gasteiger partial charge in [-0.2, -0.15) is 8.42 Å². The summed E-state index contributed by atoms with van der Waals surface area (Å²) < 4.78 is 31.6. The molecule has 0 aliphatic rings. The molecule has 6 nitrogen and oxygen atoms in total. The summed E-state index contributed by atoms with van der Waals surface area (Å²) >= 11 is 0. The van der Waals surface area contributed by atoms with Crippen LogP contribution < -0.4 is 5.73 Å². The molecular formula is C34H71NO5S. The summed E-state index contributed by atoms with van der Waals surface area (Å²) in [6.07, 6.45) is 43.5. The van der Waals surface area contributed by atoms with Gasteiger partial charge in [-0.15, -0.1) is 0 Å². The lowest BCUT2D eigenvalue weighted by atomic mass is 10.0. The summed E-state index contributed by atoms with van der Waals surface area (Å²) in [5.41, 5.74) is 5.47. The average Bonchev–Trinajstić information content (AvgIpc) is 2.93. The number of carbonyl (C=O) groups excluding carboxylic acids is 1. The minimum absolute atomic E-state index is 0.748. The number of carbonyl (C=O) groups is 1. The molecule has 0 aromatic carbocycles. The fourth-order valence-electron chi connectivity index (χ4n) is 4.64. The predicted octanol–water partition coefficient (Wildman–Crippen LogP) is 11.0. The van der Waals surface area contributed by atoms with Crippen LogP contribution in [0.5, 0.6) is 0 Å². The van der Waals surface area contributed by atoms with Crippen molar-refractivity contribution in [1.29, 1.82) is 0 Å². The molecule has 0 aromatic heterocycles. The Balaban J connectivity index is -0.000000606. The molecule has 0 bridgehead atoms. The van der Waals surface area contributed by atoms with Gasteiger partial charge in [0.05, 0.1) is 0 Å². The van der Waals surface area contributed by atoms with Crippen LogP contribution in [0, 0.1) is 0 Å². The van der Waals surface area contributed by atoms with Gasteiger partial charge in [0.15, 0.2) is 0 Å². The molecule has 0 spiro atoms. The third-order valence-electron chi connectivity index (χ3n) is 7.14. The van der Waals surface area contributed by atoms with Crippen molar-refractivity contribution in [2.75, 3.05) is 6.54 Å². The van der Waals surface area contributed by atoms with Crippen LogP contribution in [-0.4, -0.2) is 30.4 Å². The minimum Gasteiger partial charge on any atom is -0.330 e. The maximum absolute atomic E-state index is 10.1. The lowest BCUT2D eigenvalue weighted by Gasteiger charge is -2.02. The molecular weight excluding hydrogens is 534 g/mol. The highest BCUT2D eigenvalue weighted by molar-refractivity contribution is 7.79. The van der Waals surface area contributed by atoms with Crippen LogP contribution in [0.25, 0.3) is 0 Å². The van der Waals surface area contributed by atoms with Crippen molar-refractivity contribution in [1.82, 2.24) is 0 Å². The Kier molecular flexibility index (Phi) is 45.1. The Morgan fingerprint density at radius 2 is 0.707 bits per heavy atom. The zero-order valence-corrected chi connectivity index (χ0v) is 28.2. The van der Waals surface area contributed by atoms with E-state index in [1.807, 2.05) is 0 Å². The first-order valence-electron chi connectivity index (χ1n) is 17.3. The van der Waals surface area contributed by atoms with Gasteiger partial charge in [0.25, 0.3) is 0 Å². The normalized spacial score (nSPS) is 11.1. The topological polar surface area (TPSA) is 118 Å². The first-order chi connectivity index (χ1) is 19.8. The third-order valence-corrected chi connectivity index (χ3v) is 7.14. The van der Waals surface area contributed by atoms with Crippen molar-refractivity contribution in [2.24, 2.45) is 5.73 Å². The molecule has 0 aliphatic carbocycles. The third kappa shape index (κ3) is 63.6. The first kappa shape index (κ1) is 44.7. The lowest BCUT2D eigenvalue weighted by Crippen LogP contribution is -1.97. The summed E-state index contributed by atoms with van der Waals surface area (Å²) in [4.78, 5) is 10.1. The van der Waals surface area contributed by atoms with E-state index in [4.69, 9.17) is 23.3 Å². The molecule has 0 heterocycles. The van der Waals surface area contributed by atoms with E-state index in [0.29, 0.717) is 0 Å². The van der Waals surface area contributed by atoms with E-state index in [0.717, 1.165) is 25.7 Å². The van der Waals surface area contributed by atoms with E-state index in [2.05, 4.69) is 26.0 Å². The summed E-state index contributed by atoms with van der Waals surface area (Å²) in [6.45, 7) is 5.43. The highest BCUT2D eigenvalue weighted by Gasteiger charge is 1.94. The number of hydrogen-bond acceptors (Lipinski definition) is 4. The minimum atomic E-state index is -4.67. The second-order valence-electron chi connectivity index (χ2n) is 11.4. The Bertz CT molecular complexity index is 574. The second kappa shape index (κ2) is 41.4. The van der Waals surface area contributed by atoms with Gasteiger partial charge in [0.2, 0.25) is 0 Å². The zero-order valence-electron chi connectivity index (χ0n) is 27.3. The highest BCUT2D eigenvalue weighted by atomic mass is 32.3. The molecule has 0 atom stereocenters. The molecule has 0 radical (unpaired) electrons. The molecule has 0 aromatic rings. The molecule has 248 valence electrons. The Labute approximate surface area is 256 Å². The Morgan fingerprint density at radius 1 is 0.463 bits per heavy atom. The van der Waals surface area contributed by atoms with Crippen molar-refractivity contribution in [3.8, 4) is 0 Å². The van der Waals surface area contributed by atoms with Crippen LogP contribution in [0.2, 0.25) is 0 Å². The van der Waals surface area contributed by atoms with Crippen LogP contribution in [0.1, 0.15) is 194 Å². The molecule has 41 heavy (non-hydrogen) atoms. The molecule has 0 amide bonds. The molecule has 0 saturated carbocycles. The van der Waals surface area contributed by atoms with Gasteiger partial charge in [-0.1, -0.05) is 161 Å². The van der Waals surface area contributed by atoms with Crippen molar-refractivity contribution in [2.45, 2.75) is 194 Å². The molecule has 0 rings (SSSR count). The molecule has 4 N–H and O–H groups in total. The lowest BCUT2D eigenvalue weighted by molar-refractivity contribution is -0.107. The van der Waals surface area contributed by atoms with E-state index in [-0.39, 0.29) is 0 Å². The average molecular weight is 606 g/mol. The molecule has 0 unspecified atom stereocenters. The van der Waals surface area contributed by atoms with E-state index in [9.17, 15) is 4.79 Å². The maximum Gasteiger partial charge on any atom is 0.394 e. The highest BCUT2D eigenvalue weighted by Crippen LogP contribution is 2.13. The number of allylic oxidation sites excluding steroid dienone is 2. The largest absolute Gasteiger partial charge is 0.394 e. The van der Waals surface area contributed by atoms with Crippen LogP contribution in [0.3, 0.4) is 0 Å². The summed E-state index contributed by atoms with van der Waals surface area (Å²) in [5.74, 6) is 0. The number of rotatable bonds is 29. The number of aldehydes is 1. The van der Waals surface area contributed by atoms with Crippen LogP contribution in [-0.2, 0) is 15.2 Å². The summed E-state index contributed by atoms with van der Waals surface area (Å²) in [7, 11) is -4.67. The monoisotopic (exact) mass is 606 g/mol. The number of hydrogen-bond donors (Lipinski definition) is 3. The van der Waals surface area contributed by atoms with Crippen molar-refractivity contribution < 1.29 is 22.3 Å². The fourth-order valence-corrected chi connectivity index (χ4v) is 4.64. The summed E-state index contributed by atoms with van der Waals surface area (Å²) in [5, 5.41) is 0. The van der Waals surface area contributed by atoms with Crippen LogP contribution in [0.4, 0.5) is 0 Å². The van der Waals surface area contributed by atoms with Gasteiger partial charge in [0.1, 0.15) is 6.29 Å². The van der Waals surface area contributed by atoms with Crippen LogP contribution >= 0.6 is 0 Å². The molecule has 0 saturated heterocycles. The van der Waals surface area contributed by atoms with Gasteiger partial charge in [-0.25, -0.2) is 0 Å². The zero-order chi connectivity index (χ0) is 31.1. The number of unbranched alkanes of at least 4 members (excludes halogenated alkanes) is 25. The van der Waals surface area contributed by atoms with E-state index in [1.165, 1.54) is 167 Å². The predicted molar refractivity (Wildman–Crippen MR) is 179 cm³/mol. The van der Waals surface area contributed by atoms with E-state index >= 15 is 0 Å². The molecule has 0 aliphatic heterocycles. The molecule has 7 heteroatoms. The van der Waals surface area contributed by atoms with E-state index < -0.39 is 10.4 Å². The van der Waals surface area contributed by atoms with Crippen molar-refractivity contribution in [3.05, 3.63) is 12.2 Å². The van der Waals surface area contributed by atoms with Crippen molar-refractivity contribution in [3.63, 3.8) is 0 Å². The molecule has 0 fully saturated rings. The first-order valence-corrected chi connectivity index (χ1v) is 18.7. The quantitative estimate of drug-likeness (QED) is 0.0338. The number of nitrogens with two attached hydrogens (primary N) is 1. The van der Waals surface area contributed by atoms with Gasteiger partial charge in [0, 0.05) is 6.42 Å². The van der Waals surface area contributed by atoms with Gasteiger partial charge in [-0.3, -0.25) is 9.11 Å². The summed E-state index contributed by atoms with van der Waals surface area (Å²) in [6, 6.07) is 0. The van der Waals surface area contributed by atoms with Crippen molar-refractivity contribution >= 4 is 16.7 Å². The fraction of sp³-hybridized carbons (Fsp3) is 0.912. The standard InChI is InChI=1S/C18H34O.C16H35N.H2O4S/c1-2-3-4-5-6-7-8-9-10-11-12-13-14-15-16-17-18-19;1-2-3-4-5-6-7-8-9-10-11-12-13-14-15-16-17;1-5(2,3)4/h9-10,18H,2-8,11-17H2,1H3;2-17H2,1H3;(H2,1,2,3,4). The maximum atomic E-state index is 10.1. The van der Waals surface area contributed by atoms with Gasteiger partial charge in [-0.05, 0) is 45.1 Å².